The van der Waals surface area contributed by atoms with Gasteiger partial charge < -0.3 is 0 Å². The molecule has 0 unspecified atom stereocenters. The smallest absolute Gasteiger partial charge is 0.164 e. The molecule has 3 heteroatoms. The van der Waals surface area contributed by atoms with Gasteiger partial charge in [-0.1, -0.05) is 153 Å². The number of benzene rings is 6. The van der Waals surface area contributed by atoms with Crippen molar-refractivity contribution in [3.63, 3.8) is 0 Å². The van der Waals surface area contributed by atoms with Crippen molar-refractivity contribution in [3.8, 4) is 56.4 Å². The van der Waals surface area contributed by atoms with Gasteiger partial charge in [0, 0.05) is 22.1 Å². The van der Waals surface area contributed by atoms with Crippen LogP contribution in [0.15, 0.2) is 169 Å². The van der Waals surface area contributed by atoms with Gasteiger partial charge in [0.25, 0.3) is 0 Å². The second kappa shape index (κ2) is 12.6. The van der Waals surface area contributed by atoms with Crippen LogP contribution in [0.4, 0.5) is 0 Å². The molecule has 1 heterocycles. The Morgan fingerprint density at radius 2 is 0.902 bits per heavy atom. The van der Waals surface area contributed by atoms with Gasteiger partial charge in [-0.2, -0.15) is 0 Å². The van der Waals surface area contributed by atoms with Crippen molar-refractivity contribution in [1.82, 2.24) is 15.0 Å². The van der Waals surface area contributed by atoms with E-state index in [0.717, 1.165) is 51.8 Å². The number of fused-ring (bicyclic) bond motifs is 3. The summed E-state index contributed by atoms with van der Waals surface area (Å²) >= 11 is 0. The molecule has 0 saturated heterocycles. The molecule has 3 nitrogen and oxygen atoms in total. The fourth-order valence-electron chi connectivity index (χ4n) is 7.85. The summed E-state index contributed by atoms with van der Waals surface area (Å²) in [6.07, 6.45) is 4.49. The third-order valence-corrected chi connectivity index (χ3v) is 10.4. The fourth-order valence-corrected chi connectivity index (χ4v) is 7.85. The highest BCUT2D eigenvalue weighted by Crippen LogP contribution is 2.54. The molecule has 6 aromatic carbocycles. The lowest BCUT2D eigenvalue weighted by atomic mass is 9.78. The molecule has 2 aliphatic rings. The highest BCUT2D eigenvalue weighted by Gasteiger charge is 2.40. The van der Waals surface area contributed by atoms with Crippen molar-refractivity contribution in [2.75, 3.05) is 0 Å². The van der Waals surface area contributed by atoms with Crippen molar-refractivity contribution >= 4 is 11.1 Å². The van der Waals surface area contributed by atoms with E-state index in [1.807, 2.05) is 18.2 Å². The standard InChI is InChI=1S/C48H37N3/c1-48(2)42-26-13-12-24-41(42)44-40(25-15-27-43(44)48)35-22-14-23-36(28-35)46-49-45(34-20-10-5-11-21-34)50-47(51-46)39-30-37(32-16-6-3-7-17-32)29-38(31-39)33-18-8-4-9-19-33/h3-14,16-24,26-31H,15,25H2,1-2H3. The van der Waals surface area contributed by atoms with E-state index in [0.29, 0.717) is 17.5 Å². The lowest BCUT2D eigenvalue weighted by molar-refractivity contribution is 0.655. The Morgan fingerprint density at radius 3 is 1.55 bits per heavy atom. The molecule has 0 radical (unpaired) electrons. The zero-order valence-corrected chi connectivity index (χ0v) is 28.8. The van der Waals surface area contributed by atoms with Gasteiger partial charge >= 0.3 is 0 Å². The van der Waals surface area contributed by atoms with Crippen LogP contribution >= 0.6 is 0 Å². The molecule has 1 aromatic heterocycles. The molecule has 0 N–H and O–H groups in total. The van der Waals surface area contributed by atoms with Crippen LogP contribution in [0, 0.1) is 0 Å². The molecule has 2 aliphatic carbocycles. The van der Waals surface area contributed by atoms with Gasteiger partial charge in [0.05, 0.1) is 0 Å². The molecule has 7 aromatic rings. The molecule has 244 valence electrons. The third kappa shape index (κ3) is 5.61. The topological polar surface area (TPSA) is 38.7 Å². The van der Waals surface area contributed by atoms with Crippen molar-refractivity contribution < 1.29 is 0 Å². The van der Waals surface area contributed by atoms with Crippen LogP contribution in [0.25, 0.3) is 67.6 Å². The minimum absolute atomic E-state index is 0.0181. The second-order valence-corrected chi connectivity index (χ2v) is 14.0. The van der Waals surface area contributed by atoms with Crippen molar-refractivity contribution in [2.24, 2.45) is 0 Å². The van der Waals surface area contributed by atoms with E-state index < -0.39 is 0 Å². The fraction of sp³-hybridized carbons (Fsp3) is 0.104. The highest BCUT2D eigenvalue weighted by molar-refractivity contribution is 6.05. The summed E-state index contributed by atoms with van der Waals surface area (Å²) in [4.78, 5) is 15.5. The molecule has 0 bridgehead atoms. The third-order valence-electron chi connectivity index (χ3n) is 10.4. The van der Waals surface area contributed by atoms with Crippen LogP contribution in [-0.4, -0.2) is 15.0 Å². The van der Waals surface area contributed by atoms with Crippen LogP contribution in [0.5, 0.6) is 0 Å². The van der Waals surface area contributed by atoms with E-state index in [4.69, 9.17) is 15.0 Å². The van der Waals surface area contributed by atoms with E-state index in [1.165, 1.54) is 33.4 Å². The predicted octanol–water partition coefficient (Wildman–Crippen LogP) is 12.1. The molecular weight excluding hydrogens is 619 g/mol. The summed E-state index contributed by atoms with van der Waals surface area (Å²) in [6, 6.07) is 55.6. The molecule has 0 saturated carbocycles. The minimum atomic E-state index is -0.0181. The van der Waals surface area contributed by atoms with Crippen LogP contribution in [0.2, 0.25) is 0 Å². The average molecular weight is 656 g/mol. The van der Waals surface area contributed by atoms with Gasteiger partial charge in [0.2, 0.25) is 0 Å². The summed E-state index contributed by atoms with van der Waals surface area (Å²) in [6.45, 7) is 4.72. The van der Waals surface area contributed by atoms with Gasteiger partial charge in [0.15, 0.2) is 17.5 Å². The Bertz CT molecular complexity index is 2420. The maximum absolute atomic E-state index is 5.23. The number of nitrogens with zero attached hydrogens (tertiary/aromatic N) is 3. The molecule has 0 aliphatic heterocycles. The zero-order valence-electron chi connectivity index (χ0n) is 28.8. The number of hydrogen-bond acceptors (Lipinski definition) is 3. The minimum Gasteiger partial charge on any atom is -0.208 e. The average Bonchev–Trinajstić information content (AvgIpc) is 3.44. The van der Waals surface area contributed by atoms with Crippen LogP contribution < -0.4 is 0 Å². The Kier molecular flexibility index (Phi) is 7.62. The first-order chi connectivity index (χ1) is 25.0. The lowest BCUT2D eigenvalue weighted by Crippen LogP contribution is -2.16. The largest absolute Gasteiger partial charge is 0.208 e. The monoisotopic (exact) mass is 655 g/mol. The summed E-state index contributed by atoms with van der Waals surface area (Å²) in [5.74, 6) is 1.97. The summed E-state index contributed by atoms with van der Waals surface area (Å²) in [5, 5.41) is 0. The van der Waals surface area contributed by atoms with E-state index in [1.54, 1.807) is 0 Å². The van der Waals surface area contributed by atoms with E-state index in [-0.39, 0.29) is 5.41 Å². The van der Waals surface area contributed by atoms with Crippen molar-refractivity contribution in [1.29, 1.82) is 0 Å². The first-order valence-corrected chi connectivity index (χ1v) is 17.8. The molecule has 9 rings (SSSR count). The molecular formula is C48H37N3. The van der Waals surface area contributed by atoms with E-state index in [2.05, 4.69) is 159 Å². The Labute approximate surface area is 299 Å². The number of hydrogen-bond donors (Lipinski definition) is 0. The predicted molar refractivity (Wildman–Crippen MR) is 211 cm³/mol. The van der Waals surface area contributed by atoms with Gasteiger partial charge in [-0.25, -0.2) is 15.0 Å². The second-order valence-electron chi connectivity index (χ2n) is 14.0. The molecule has 0 atom stereocenters. The van der Waals surface area contributed by atoms with E-state index >= 15 is 0 Å². The Balaban J connectivity index is 1.22. The van der Waals surface area contributed by atoms with Crippen LogP contribution in [0.3, 0.4) is 0 Å². The Morgan fingerprint density at radius 1 is 0.431 bits per heavy atom. The molecule has 51 heavy (non-hydrogen) atoms. The quantitative estimate of drug-likeness (QED) is 0.179. The summed E-state index contributed by atoms with van der Waals surface area (Å²) in [7, 11) is 0. The van der Waals surface area contributed by atoms with Gasteiger partial charge in [-0.3, -0.25) is 0 Å². The van der Waals surface area contributed by atoms with Gasteiger partial charge in [-0.05, 0) is 92.8 Å². The first-order valence-electron chi connectivity index (χ1n) is 17.8. The molecule has 0 spiro atoms. The normalized spacial score (nSPS) is 14.5. The maximum Gasteiger partial charge on any atom is 0.164 e. The zero-order chi connectivity index (χ0) is 34.4. The SMILES string of the molecule is CC1(C)C2=CCCC(c3cccc(-c4nc(-c5ccccc5)nc(-c5cc(-c6ccccc6)cc(-c6ccccc6)c5)n4)c3)=C2c2ccccc21. The van der Waals surface area contributed by atoms with Gasteiger partial charge in [-0.15, -0.1) is 0 Å². The summed E-state index contributed by atoms with van der Waals surface area (Å²) < 4.78 is 0. The number of allylic oxidation sites excluding steroid dienone is 4. The Hall–Kier alpha value is -6.19. The molecule has 0 amide bonds. The number of rotatable bonds is 6. The number of aromatic nitrogens is 3. The van der Waals surface area contributed by atoms with Crippen LogP contribution in [0.1, 0.15) is 43.4 Å². The van der Waals surface area contributed by atoms with Crippen molar-refractivity contribution in [2.45, 2.75) is 32.1 Å². The van der Waals surface area contributed by atoms with Gasteiger partial charge in [0.1, 0.15) is 0 Å². The van der Waals surface area contributed by atoms with E-state index in [9.17, 15) is 0 Å². The highest BCUT2D eigenvalue weighted by atomic mass is 15.0. The van der Waals surface area contributed by atoms with Crippen molar-refractivity contribution in [3.05, 3.63) is 186 Å². The maximum atomic E-state index is 5.23. The van der Waals surface area contributed by atoms with Crippen LogP contribution in [-0.2, 0) is 5.41 Å². The molecule has 0 fully saturated rings. The lowest BCUT2D eigenvalue weighted by Gasteiger charge is -2.26. The summed E-state index contributed by atoms with van der Waals surface area (Å²) in [5.41, 5.74) is 15.6. The first kappa shape index (κ1) is 30.8.